The van der Waals surface area contributed by atoms with Crippen molar-refractivity contribution < 1.29 is 19.1 Å². The summed E-state index contributed by atoms with van der Waals surface area (Å²) in [5.41, 5.74) is 0. The van der Waals surface area contributed by atoms with Crippen molar-refractivity contribution in [2.75, 3.05) is 39.4 Å². The second-order valence-electron chi connectivity index (χ2n) is 8.38. The summed E-state index contributed by atoms with van der Waals surface area (Å²) in [6, 6.07) is 9.71. The van der Waals surface area contributed by atoms with Crippen LogP contribution in [0.25, 0.3) is 0 Å². The van der Waals surface area contributed by atoms with E-state index in [-0.39, 0.29) is 30.4 Å². The normalized spacial score (nSPS) is 21.4. The van der Waals surface area contributed by atoms with E-state index in [1.54, 1.807) is 6.20 Å². The number of benzene rings is 1. The van der Waals surface area contributed by atoms with E-state index >= 15 is 0 Å². The molecule has 4 rings (SSSR count). The smallest absolute Gasteiger partial charge is 0.242 e. The maximum Gasteiger partial charge on any atom is 0.242 e. The van der Waals surface area contributed by atoms with E-state index < -0.39 is 0 Å². The van der Waals surface area contributed by atoms with Crippen LogP contribution in [0.4, 0.5) is 0 Å². The van der Waals surface area contributed by atoms with Gasteiger partial charge in [-0.15, -0.1) is 0 Å². The van der Waals surface area contributed by atoms with Gasteiger partial charge in [0.05, 0.1) is 13.2 Å². The number of aryl methyl sites for hydroxylation is 1. The van der Waals surface area contributed by atoms with E-state index in [1.807, 2.05) is 57.8 Å². The Labute approximate surface area is 189 Å². The molecule has 2 fully saturated rings. The summed E-state index contributed by atoms with van der Waals surface area (Å²) in [5, 5.41) is 0. The van der Waals surface area contributed by atoms with Crippen molar-refractivity contribution in [3.8, 4) is 5.75 Å². The summed E-state index contributed by atoms with van der Waals surface area (Å²) in [5.74, 6) is 1.81. The minimum absolute atomic E-state index is 0.0553. The number of hydrogen-bond acceptors (Lipinski definition) is 5. The van der Waals surface area contributed by atoms with Gasteiger partial charge in [0.1, 0.15) is 24.2 Å². The summed E-state index contributed by atoms with van der Waals surface area (Å²) in [4.78, 5) is 34.1. The first kappa shape index (κ1) is 22.3. The molecule has 0 spiro atoms. The standard InChI is InChI=1S/C24H32N4O4/c1-2-22-25-9-11-27(22)18-24(30)28-10-8-21(32-20-6-4-3-5-7-20)19(17-28)16-23(29)26-12-14-31-15-13-26/h3-7,9,11,19,21H,2,8,10,12-18H2,1H3/t19-,21-/m0/s1. The molecule has 2 aliphatic heterocycles. The molecule has 0 unspecified atom stereocenters. The Morgan fingerprint density at radius 3 is 2.62 bits per heavy atom. The quantitative estimate of drug-likeness (QED) is 0.658. The minimum atomic E-state index is -0.106. The zero-order valence-corrected chi connectivity index (χ0v) is 18.7. The van der Waals surface area contributed by atoms with E-state index in [9.17, 15) is 9.59 Å². The van der Waals surface area contributed by atoms with Gasteiger partial charge < -0.3 is 23.8 Å². The molecule has 3 heterocycles. The number of piperidine rings is 1. The molecule has 0 saturated carbocycles. The molecule has 2 amide bonds. The number of carbonyl (C=O) groups is 2. The SMILES string of the molecule is CCc1nccn1CC(=O)N1CC[C@H](Oc2ccccc2)[C@@H](CC(=O)N2CCOCC2)C1. The van der Waals surface area contributed by atoms with Crippen LogP contribution in [0.5, 0.6) is 5.75 Å². The Morgan fingerprint density at radius 2 is 1.88 bits per heavy atom. The van der Waals surface area contributed by atoms with Gasteiger partial charge in [-0.3, -0.25) is 9.59 Å². The molecule has 2 aliphatic rings. The van der Waals surface area contributed by atoms with Crippen molar-refractivity contribution in [2.24, 2.45) is 5.92 Å². The van der Waals surface area contributed by atoms with Crippen LogP contribution in [0.1, 0.15) is 25.6 Å². The van der Waals surface area contributed by atoms with Gasteiger partial charge in [-0.2, -0.15) is 0 Å². The molecule has 0 N–H and O–H groups in total. The van der Waals surface area contributed by atoms with Crippen LogP contribution in [0.15, 0.2) is 42.7 Å². The molecule has 0 radical (unpaired) electrons. The predicted octanol–water partition coefficient (Wildman–Crippen LogP) is 1.99. The molecule has 8 nitrogen and oxygen atoms in total. The maximum atomic E-state index is 13.1. The van der Waals surface area contributed by atoms with Crippen LogP contribution in [0.3, 0.4) is 0 Å². The van der Waals surface area contributed by atoms with Gasteiger partial charge in [0.2, 0.25) is 11.8 Å². The first-order valence-electron chi connectivity index (χ1n) is 11.5. The predicted molar refractivity (Wildman–Crippen MR) is 119 cm³/mol. The van der Waals surface area contributed by atoms with Gasteiger partial charge in [0, 0.05) is 63.8 Å². The molecule has 0 aliphatic carbocycles. The molecule has 2 aromatic rings. The number of likely N-dealkylation sites (tertiary alicyclic amines) is 1. The fourth-order valence-corrected chi connectivity index (χ4v) is 4.47. The molecular formula is C24H32N4O4. The van der Waals surface area contributed by atoms with E-state index in [1.165, 1.54) is 0 Å². The van der Waals surface area contributed by atoms with Crippen LogP contribution in [-0.2, 0) is 27.3 Å². The molecular weight excluding hydrogens is 408 g/mol. The number of morpholine rings is 1. The minimum Gasteiger partial charge on any atom is -0.490 e. The average molecular weight is 441 g/mol. The number of rotatable bonds is 7. The van der Waals surface area contributed by atoms with Crippen LogP contribution >= 0.6 is 0 Å². The molecule has 0 bridgehead atoms. The summed E-state index contributed by atoms with van der Waals surface area (Å²) in [7, 11) is 0. The number of carbonyl (C=O) groups excluding carboxylic acids is 2. The summed E-state index contributed by atoms with van der Waals surface area (Å²) in [6.07, 6.45) is 5.32. The third kappa shape index (κ3) is 5.48. The molecule has 1 aromatic carbocycles. The van der Waals surface area contributed by atoms with Crippen molar-refractivity contribution >= 4 is 11.8 Å². The Morgan fingerprint density at radius 1 is 1.09 bits per heavy atom. The Kier molecular flexibility index (Phi) is 7.42. The van der Waals surface area contributed by atoms with Crippen molar-refractivity contribution in [2.45, 2.75) is 38.8 Å². The van der Waals surface area contributed by atoms with Crippen molar-refractivity contribution in [3.63, 3.8) is 0 Å². The third-order valence-corrected chi connectivity index (χ3v) is 6.27. The lowest BCUT2D eigenvalue weighted by atomic mass is 9.90. The highest BCUT2D eigenvalue weighted by Crippen LogP contribution is 2.27. The van der Waals surface area contributed by atoms with Gasteiger partial charge >= 0.3 is 0 Å². The van der Waals surface area contributed by atoms with E-state index in [4.69, 9.17) is 9.47 Å². The number of amides is 2. The summed E-state index contributed by atoms with van der Waals surface area (Å²) >= 11 is 0. The molecule has 1 aromatic heterocycles. The second kappa shape index (κ2) is 10.6. The third-order valence-electron chi connectivity index (χ3n) is 6.27. The monoisotopic (exact) mass is 440 g/mol. The Bertz CT molecular complexity index is 894. The molecule has 8 heteroatoms. The summed E-state index contributed by atoms with van der Waals surface area (Å²) in [6.45, 7) is 5.85. The lowest BCUT2D eigenvalue weighted by molar-refractivity contribution is -0.141. The number of ether oxygens (including phenoxy) is 2. The molecule has 32 heavy (non-hydrogen) atoms. The lowest BCUT2D eigenvalue weighted by Crippen LogP contribution is -2.51. The molecule has 2 atom stereocenters. The van der Waals surface area contributed by atoms with Crippen LogP contribution < -0.4 is 4.74 Å². The maximum absolute atomic E-state index is 13.1. The number of nitrogens with zero attached hydrogens (tertiary/aromatic N) is 4. The average Bonchev–Trinajstić information content (AvgIpc) is 3.28. The topological polar surface area (TPSA) is 76.9 Å². The zero-order chi connectivity index (χ0) is 22.3. The van der Waals surface area contributed by atoms with Gasteiger partial charge in [-0.25, -0.2) is 4.98 Å². The molecule has 2 saturated heterocycles. The van der Waals surface area contributed by atoms with E-state index in [0.29, 0.717) is 52.2 Å². The number of para-hydroxylation sites is 1. The van der Waals surface area contributed by atoms with Gasteiger partial charge in [0.15, 0.2) is 0 Å². The number of imidazole rings is 1. The number of hydrogen-bond donors (Lipinski definition) is 0. The highest BCUT2D eigenvalue weighted by Gasteiger charge is 2.35. The Balaban J connectivity index is 1.44. The van der Waals surface area contributed by atoms with Crippen molar-refractivity contribution in [3.05, 3.63) is 48.5 Å². The second-order valence-corrected chi connectivity index (χ2v) is 8.38. The van der Waals surface area contributed by atoms with Gasteiger partial charge in [0.25, 0.3) is 0 Å². The van der Waals surface area contributed by atoms with Crippen molar-refractivity contribution in [1.82, 2.24) is 19.4 Å². The number of aromatic nitrogens is 2. The lowest BCUT2D eigenvalue weighted by Gasteiger charge is -2.39. The first-order chi connectivity index (χ1) is 15.6. The largest absolute Gasteiger partial charge is 0.490 e. The van der Waals surface area contributed by atoms with Crippen LogP contribution in [0.2, 0.25) is 0 Å². The van der Waals surface area contributed by atoms with Gasteiger partial charge in [-0.05, 0) is 12.1 Å². The van der Waals surface area contributed by atoms with Crippen molar-refractivity contribution in [1.29, 1.82) is 0 Å². The fraction of sp³-hybridized carbons (Fsp3) is 0.542. The molecule has 172 valence electrons. The highest BCUT2D eigenvalue weighted by molar-refractivity contribution is 5.78. The van der Waals surface area contributed by atoms with E-state index in [2.05, 4.69) is 4.98 Å². The van der Waals surface area contributed by atoms with Gasteiger partial charge in [-0.1, -0.05) is 25.1 Å². The highest BCUT2D eigenvalue weighted by atomic mass is 16.5. The zero-order valence-electron chi connectivity index (χ0n) is 18.7. The Hall–Kier alpha value is -2.87. The summed E-state index contributed by atoms with van der Waals surface area (Å²) < 4.78 is 13.6. The fourth-order valence-electron chi connectivity index (χ4n) is 4.47. The van der Waals surface area contributed by atoms with E-state index in [0.717, 1.165) is 18.0 Å². The first-order valence-corrected chi connectivity index (χ1v) is 11.5. The van der Waals surface area contributed by atoms with Crippen LogP contribution in [-0.4, -0.2) is 76.7 Å². The van der Waals surface area contributed by atoms with Crippen LogP contribution in [0, 0.1) is 5.92 Å².